The Morgan fingerprint density at radius 1 is 1.14 bits per heavy atom. The maximum absolute atomic E-state index is 11.8. The number of ether oxygens (including phenoxy) is 1. The zero-order valence-corrected chi connectivity index (χ0v) is 17.6. The van der Waals surface area contributed by atoms with Crippen molar-refractivity contribution in [1.82, 2.24) is 5.32 Å². The van der Waals surface area contributed by atoms with Crippen LogP contribution in [0.3, 0.4) is 0 Å². The van der Waals surface area contributed by atoms with Crippen molar-refractivity contribution in [2.24, 2.45) is 0 Å². The third kappa shape index (κ3) is 6.85. The highest BCUT2D eigenvalue weighted by atomic mass is 32.1. The molecule has 0 unspecified atom stereocenters. The second kappa shape index (κ2) is 11.3. The monoisotopic (exact) mass is 399 g/mol. The lowest BCUT2D eigenvalue weighted by atomic mass is 10.2. The first-order valence-electron chi connectivity index (χ1n) is 9.67. The second-order valence-electron chi connectivity index (χ2n) is 6.45. The van der Waals surface area contributed by atoms with Gasteiger partial charge >= 0.3 is 5.97 Å². The smallest absolute Gasteiger partial charge is 0.338 e. The molecule has 6 heteroatoms. The van der Waals surface area contributed by atoms with Crippen LogP contribution < -0.4 is 15.5 Å². The maximum Gasteiger partial charge on any atom is 0.338 e. The van der Waals surface area contributed by atoms with Gasteiger partial charge < -0.3 is 20.3 Å². The number of nitrogens with zero attached hydrogens (tertiary/aromatic N) is 1. The van der Waals surface area contributed by atoms with Crippen LogP contribution in [0.15, 0.2) is 48.5 Å². The number of carbonyl (C=O) groups is 1. The van der Waals surface area contributed by atoms with E-state index < -0.39 is 0 Å². The molecule has 28 heavy (non-hydrogen) atoms. The van der Waals surface area contributed by atoms with Gasteiger partial charge in [-0.3, -0.25) is 0 Å². The van der Waals surface area contributed by atoms with E-state index in [4.69, 9.17) is 17.0 Å². The van der Waals surface area contributed by atoms with Gasteiger partial charge in [0.1, 0.15) is 0 Å². The van der Waals surface area contributed by atoms with Crippen molar-refractivity contribution in [2.45, 2.75) is 27.2 Å². The second-order valence-corrected chi connectivity index (χ2v) is 6.86. The Labute approximate surface area is 173 Å². The summed E-state index contributed by atoms with van der Waals surface area (Å²) in [4.78, 5) is 14.2. The molecule has 0 aliphatic heterocycles. The number of anilines is 2. The standard InChI is InChI=1S/C22H29N3O2S/c1-4-25(20-12-10-17(3)11-13-20)15-7-14-23-22(28)24-19-9-6-8-18(16-19)21(26)27-5-2/h6,8-13,16H,4-5,7,14-15H2,1-3H3,(H2,23,24,28). The third-order valence-corrected chi connectivity index (χ3v) is 4.55. The molecule has 0 aliphatic rings. The van der Waals surface area contributed by atoms with Gasteiger partial charge in [0, 0.05) is 31.0 Å². The topological polar surface area (TPSA) is 53.6 Å². The molecule has 0 aliphatic carbocycles. The molecule has 2 N–H and O–H groups in total. The molecule has 0 fully saturated rings. The Hall–Kier alpha value is -2.60. The van der Waals surface area contributed by atoms with Gasteiger partial charge in [-0.1, -0.05) is 23.8 Å². The summed E-state index contributed by atoms with van der Waals surface area (Å²) in [5, 5.41) is 6.88. The lowest BCUT2D eigenvalue weighted by Crippen LogP contribution is -2.32. The Balaban J connectivity index is 1.77. The molecule has 5 nitrogen and oxygen atoms in total. The van der Waals surface area contributed by atoms with E-state index in [0.29, 0.717) is 17.3 Å². The normalized spacial score (nSPS) is 10.2. The number of aryl methyl sites for hydroxylation is 1. The first-order valence-corrected chi connectivity index (χ1v) is 10.1. The van der Waals surface area contributed by atoms with Crippen LogP contribution in [0.5, 0.6) is 0 Å². The Morgan fingerprint density at radius 2 is 1.89 bits per heavy atom. The summed E-state index contributed by atoms with van der Waals surface area (Å²) < 4.78 is 5.02. The summed E-state index contributed by atoms with van der Waals surface area (Å²) in [5.41, 5.74) is 3.78. The molecule has 0 radical (unpaired) electrons. The molecule has 0 saturated heterocycles. The summed E-state index contributed by atoms with van der Waals surface area (Å²) in [6, 6.07) is 15.7. The molecule has 2 aromatic carbocycles. The van der Waals surface area contributed by atoms with Gasteiger partial charge in [0.15, 0.2) is 5.11 Å². The van der Waals surface area contributed by atoms with Crippen LogP contribution in [-0.2, 0) is 4.74 Å². The third-order valence-electron chi connectivity index (χ3n) is 4.30. The number of rotatable bonds is 9. The van der Waals surface area contributed by atoms with Crippen LogP contribution in [0.4, 0.5) is 11.4 Å². The number of nitrogens with one attached hydrogen (secondary N) is 2. The average molecular weight is 400 g/mol. The van der Waals surface area contributed by atoms with Gasteiger partial charge in [-0.2, -0.15) is 0 Å². The van der Waals surface area contributed by atoms with Gasteiger partial charge in [-0.25, -0.2) is 4.79 Å². The summed E-state index contributed by atoms with van der Waals surface area (Å²) in [6.45, 7) is 9.09. The minimum atomic E-state index is -0.333. The molecule has 150 valence electrons. The van der Waals surface area contributed by atoms with Crippen molar-refractivity contribution in [3.8, 4) is 0 Å². The van der Waals surface area contributed by atoms with Crippen molar-refractivity contribution < 1.29 is 9.53 Å². The first-order chi connectivity index (χ1) is 13.5. The molecule has 0 heterocycles. The highest BCUT2D eigenvalue weighted by molar-refractivity contribution is 7.80. The molecule has 0 saturated carbocycles. The van der Waals surface area contributed by atoms with Gasteiger partial charge in [0.25, 0.3) is 0 Å². The highest BCUT2D eigenvalue weighted by Gasteiger charge is 2.08. The summed E-state index contributed by atoms with van der Waals surface area (Å²) in [6.07, 6.45) is 0.965. The van der Waals surface area contributed by atoms with Gasteiger partial charge in [0.2, 0.25) is 0 Å². The first kappa shape index (κ1) is 21.7. The lowest BCUT2D eigenvalue weighted by molar-refractivity contribution is 0.0526. The fourth-order valence-corrected chi connectivity index (χ4v) is 3.03. The zero-order valence-electron chi connectivity index (χ0n) is 16.8. The van der Waals surface area contributed by atoms with E-state index in [0.717, 1.165) is 31.7 Å². The predicted molar refractivity (Wildman–Crippen MR) is 120 cm³/mol. The number of carbonyl (C=O) groups excluding carboxylic acids is 1. The van der Waals surface area contributed by atoms with E-state index in [1.807, 2.05) is 6.07 Å². The fourth-order valence-electron chi connectivity index (χ4n) is 2.81. The van der Waals surface area contributed by atoms with E-state index in [9.17, 15) is 4.79 Å². The van der Waals surface area contributed by atoms with Crippen LogP contribution in [0.2, 0.25) is 0 Å². The van der Waals surface area contributed by atoms with Crippen LogP contribution >= 0.6 is 12.2 Å². The van der Waals surface area contributed by atoms with Crippen molar-refractivity contribution in [1.29, 1.82) is 0 Å². The van der Waals surface area contributed by atoms with Crippen LogP contribution in [0.25, 0.3) is 0 Å². The van der Waals surface area contributed by atoms with Gasteiger partial charge in [-0.15, -0.1) is 0 Å². The van der Waals surface area contributed by atoms with Crippen LogP contribution in [0, 0.1) is 6.92 Å². The summed E-state index contributed by atoms with van der Waals surface area (Å²) >= 11 is 5.36. The van der Waals surface area contributed by atoms with Crippen LogP contribution in [0.1, 0.15) is 36.2 Å². The molecule has 0 bridgehead atoms. The van der Waals surface area contributed by atoms with E-state index in [-0.39, 0.29) is 5.97 Å². The predicted octanol–water partition coefficient (Wildman–Crippen LogP) is 4.37. The number of benzene rings is 2. The van der Waals surface area contributed by atoms with Gasteiger partial charge in [-0.05, 0) is 69.7 Å². The molecule has 0 atom stereocenters. The average Bonchev–Trinajstić information content (AvgIpc) is 2.69. The van der Waals surface area contributed by atoms with E-state index >= 15 is 0 Å². The summed E-state index contributed by atoms with van der Waals surface area (Å²) in [7, 11) is 0. The number of esters is 1. The molecule has 2 rings (SSSR count). The summed E-state index contributed by atoms with van der Waals surface area (Å²) in [5.74, 6) is -0.333. The van der Waals surface area contributed by atoms with Crippen LogP contribution in [-0.4, -0.2) is 37.3 Å². The largest absolute Gasteiger partial charge is 0.462 e. The SMILES string of the molecule is CCOC(=O)c1cccc(NC(=S)NCCCN(CC)c2ccc(C)cc2)c1. The molecular weight excluding hydrogens is 370 g/mol. The number of hydrogen-bond acceptors (Lipinski definition) is 4. The molecule has 0 amide bonds. The molecule has 2 aromatic rings. The highest BCUT2D eigenvalue weighted by Crippen LogP contribution is 2.15. The minimum absolute atomic E-state index is 0.333. The Morgan fingerprint density at radius 3 is 2.57 bits per heavy atom. The Kier molecular flexibility index (Phi) is 8.75. The quantitative estimate of drug-likeness (QED) is 0.371. The van der Waals surface area contributed by atoms with Crippen molar-refractivity contribution in [2.75, 3.05) is 36.5 Å². The van der Waals surface area contributed by atoms with E-state index in [2.05, 4.69) is 53.6 Å². The number of hydrogen-bond donors (Lipinski definition) is 2. The van der Waals surface area contributed by atoms with Crippen molar-refractivity contribution in [3.05, 3.63) is 59.7 Å². The zero-order chi connectivity index (χ0) is 20.4. The fraction of sp³-hybridized carbons (Fsp3) is 0.364. The van der Waals surface area contributed by atoms with Crippen molar-refractivity contribution >= 4 is 34.7 Å². The molecule has 0 spiro atoms. The molecular formula is C22H29N3O2S. The number of thiocarbonyl (C=S) groups is 1. The van der Waals surface area contributed by atoms with Gasteiger partial charge in [0.05, 0.1) is 12.2 Å². The van der Waals surface area contributed by atoms with E-state index in [1.165, 1.54) is 11.3 Å². The maximum atomic E-state index is 11.8. The minimum Gasteiger partial charge on any atom is -0.462 e. The molecule has 0 aromatic heterocycles. The Bertz CT molecular complexity index is 778. The van der Waals surface area contributed by atoms with Crippen molar-refractivity contribution in [3.63, 3.8) is 0 Å². The lowest BCUT2D eigenvalue weighted by Gasteiger charge is -2.23. The van der Waals surface area contributed by atoms with E-state index in [1.54, 1.807) is 25.1 Å².